The molecule has 1 aliphatic heterocycles. The van der Waals surface area contributed by atoms with Crippen molar-refractivity contribution < 1.29 is 13.6 Å². The van der Waals surface area contributed by atoms with Crippen molar-refractivity contribution in [2.45, 2.75) is 31.3 Å². The second-order valence-corrected chi connectivity index (χ2v) is 8.03. The van der Waals surface area contributed by atoms with E-state index in [0.29, 0.717) is 37.3 Å². The third-order valence-corrected chi connectivity index (χ3v) is 5.73. The van der Waals surface area contributed by atoms with E-state index in [4.69, 9.17) is 0 Å². The van der Waals surface area contributed by atoms with Crippen molar-refractivity contribution in [1.29, 1.82) is 0 Å². The van der Waals surface area contributed by atoms with Crippen LogP contribution >= 0.6 is 11.8 Å². The highest BCUT2D eigenvalue weighted by molar-refractivity contribution is 7.99. The molecule has 1 fully saturated rings. The zero-order valence-corrected chi connectivity index (χ0v) is 16.9. The first-order valence-corrected chi connectivity index (χ1v) is 10.3. The number of carbonyl (C=O) groups is 1. The summed E-state index contributed by atoms with van der Waals surface area (Å²) in [7, 11) is 0. The first kappa shape index (κ1) is 20.7. The first-order chi connectivity index (χ1) is 13.4. The summed E-state index contributed by atoms with van der Waals surface area (Å²) in [5.74, 6) is 0.700. The number of rotatable bonds is 7. The number of aromatic nitrogens is 3. The SMILES string of the molecule is CC(C)c1ccc(-n2cnnc2SCC(=O)N2CCN(CC(F)F)CC2)cc1. The molecule has 6 nitrogen and oxygen atoms in total. The van der Waals surface area contributed by atoms with Crippen LogP contribution in [-0.2, 0) is 4.79 Å². The Balaban J connectivity index is 1.54. The molecule has 0 saturated carbocycles. The smallest absolute Gasteiger partial charge is 0.251 e. The van der Waals surface area contributed by atoms with Gasteiger partial charge in [0.2, 0.25) is 5.91 Å². The molecule has 0 atom stereocenters. The molecule has 0 radical (unpaired) electrons. The number of hydrogen-bond acceptors (Lipinski definition) is 5. The van der Waals surface area contributed by atoms with Gasteiger partial charge >= 0.3 is 0 Å². The molecule has 2 heterocycles. The van der Waals surface area contributed by atoms with Crippen molar-refractivity contribution in [3.63, 3.8) is 0 Å². The molecule has 0 N–H and O–H groups in total. The van der Waals surface area contributed by atoms with E-state index in [-0.39, 0.29) is 18.2 Å². The summed E-state index contributed by atoms with van der Waals surface area (Å²) >= 11 is 1.34. The van der Waals surface area contributed by atoms with Crippen LogP contribution < -0.4 is 0 Å². The van der Waals surface area contributed by atoms with Crippen molar-refractivity contribution in [3.05, 3.63) is 36.2 Å². The van der Waals surface area contributed by atoms with Crippen LogP contribution in [0.4, 0.5) is 8.78 Å². The molecule has 0 bridgehead atoms. The predicted molar refractivity (Wildman–Crippen MR) is 105 cm³/mol. The van der Waals surface area contributed by atoms with Gasteiger partial charge in [0.05, 0.1) is 12.3 Å². The summed E-state index contributed by atoms with van der Waals surface area (Å²) < 4.78 is 26.8. The number of alkyl halides is 2. The Bertz CT molecular complexity index is 773. The van der Waals surface area contributed by atoms with Crippen molar-refractivity contribution in [2.24, 2.45) is 0 Å². The van der Waals surface area contributed by atoms with Gasteiger partial charge in [-0.25, -0.2) is 8.78 Å². The van der Waals surface area contributed by atoms with E-state index in [9.17, 15) is 13.6 Å². The average Bonchev–Trinajstić information content (AvgIpc) is 3.15. The van der Waals surface area contributed by atoms with Gasteiger partial charge in [-0.05, 0) is 23.6 Å². The van der Waals surface area contributed by atoms with Crippen molar-refractivity contribution in [3.8, 4) is 5.69 Å². The molecular weight excluding hydrogens is 384 g/mol. The minimum Gasteiger partial charge on any atom is -0.339 e. The molecule has 28 heavy (non-hydrogen) atoms. The van der Waals surface area contributed by atoms with Crippen LogP contribution in [0.15, 0.2) is 35.7 Å². The number of carbonyl (C=O) groups excluding carboxylic acids is 1. The Morgan fingerprint density at radius 1 is 1.14 bits per heavy atom. The van der Waals surface area contributed by atoms with E-state index in [0.717, 1.165) is 5.69 Å². The first-order valence-electron chi connectivity index (χ1n) is 9.35. The molecular formula is C19H25F2N5OS. The van der Waals surface area contributed by atoms with Gasteiger partial charge in [0.1, 0.15) is 6.33 Å². The maximum atomic E-state index is 12.5. The lowest BCUT2D eigenvalue weighted by Gasteiger charge is -2.34. The summed E-state index contributed by atoms with van der Waals surface area (Å²) in [5, 5.41) is 8.75. The minimum absolute atomic E-state index is 0.00796. The van der Waals surface area contributed by atoms with E-state index in [2.05, 4.69) is 36.2 Å². The monoisotopic (exact) mass is 409 g/mol. The summed E-state index contributed by atoms with van der Waals surface area (Å²) in [6.45, 7) is 6.00. The molecule has 0 spiro atoms. The van der Waals surface area contributed by atoms with Crippen LogP contribution in [0.3, 0.4) is 0 Å². The van der Waals surface area contributed by atoms with Gasteiger partial charge in [0.15, 0.2) is 5.16 Å². The Kier molecular flexibility index (Phi) is 7.01. The molecule has 0 aliphatic carbocycles. The third-order valence-electron chi connectivity index (χ3n) is 4.80. The van der Waals surface area contributed by atoms with Crippen molar-refractivity contribution in [1.82, 2.24) is 24.6 Å². The number of thioether (sulfide) groups is 1. The van der Waals surface area contributed by atoms with Crippen LogP contribution in [0.5, 0.6) is 0 Å². The lowest BCUT2D eigenvalue weighted by molar-refractivity contribution is -0.130. The second kappa shape index (κ2) is 9.47. The van der Waals surface area contributed by atoms with Crippen LogP contribution in [-0.4, -0.2) is 75.4 Å². The molecule has 1 amide bonds. The number of benzene rings is 1. The van der Waals surface area contributed by atoms with E-state index in [1.807, 2.05) is 16.7 Å². The van der Waals surface area contributed by atoms with Gasteiger partial charge < -0.3 is 4.90 Å². The van der Waals surface area contributed by atoms with E-state index < -0.39 is 6.43 Å². The summed E-state index contributed by atoms with van der Waals surface area (Å²) in [6, 6.07) is 8.20. The maximum Gasteiger partial charge on any atom is 0.251 e. The number of hydrogen-bond donors (Lipinski definition) is 0. The largest absolute Gasteiger partial charge is 0.339 e. The quantitative estimate of drug-likeness (QED) is 0.659. The van der Waals surface area contributed by atoms with Crippen molar-refractivity contribution >= 4 is 17.7 Å². The topological polar surface area (TPSA) is 54.3 Å². The fraction of sp³-hybridized carbons (Fsp3) is 0.526. The molecule has 1 aromatic carbocycles. The summed E-state index contributed by atoms with van der Waals surface area (Å²) in [6.07, 6.45) is -0.695. The summed E-state index contributed by atoms with van der Waals surface area (Å²) in [4.78, 5) is 15.9. The Morgan fingerprint density at radius 3 is 2.43 bits per heavy atom. The number of halogens is 2. The zero-order valence-electron chi connectivity index (χ0n) is 16.1. The average molecular weight is 410 g/mol. The Morgan fingerprint density at radius 2 is 1.82 bits per heavy atom. The highest BCUT2D eigenvalue weighted by Gasteiger charge is 2.23. The molecule has 9 heteroatoms. The van der Waals surface area contributed by atoms with Gasteiger partial charge in [-0.2, -0.15) is 0 Å². The lowest BCUT2D eigenvalue weighted by Crippen LogP contribution is -2.50. The maximum absolute atomic E-state index is 12.5. The molecule has 0 unspecified atom stereocenters. The molecule has 1 aliphatic rings. The third kappa shape index (κ3) is 5.29. The number of nitrogens with zero attached hydrogens (tertiary/aromatic N) is 5. The fourth-order valence-corrected chi connectivity index (χ4v) is 3.94. The highest BCUT2D eigenvalue weighted by atomic mass is 32.2. The highest BCUT2D eigenvalue weighted by Crippen LogP contribution is 2.22. The van der Waals surface area contributed by atoms with Gasteiger partial charge in [-0.15, -0.1) is 10.2 Å². The van der Waals surface area contributed by atoms with Gasteiger partial charge in [0.25, 0.3) is 6.43 Å². The van der Waals surface area contributed by atoms with Crippen LogP contribution in [0, 0.1) is 0 Å². The second-order valence-electron chi connectivity index (χ2n) is 7.09. The van der Waals surface area contributed by atoms with Gasteiger partial charge in [-0.1, -0.05) is 37.7 Å². The molecule has 152 valence electrons. The van der Waals surface area contributed by atoms with E-state index in [1.54, 1.807) is 16.1 Å². The van der Waals surface area contributed by atoms with Crippen LogP contribution in [0.25, 0.3) is 5.69 Å². The predicted octanol–water partition coefficient (Wildman–Crippen LogP) is 2.89. The van der Waals surface area contributed by atoms with E-state index >= 15 is 0 Å². The normalized spacial score (nSPS) is 15.6. The standard InChI is InChI=1S/C19H25F2N5OS/c1-14(2)15-3-5-16(6-4-15)26-13-22-23-19(26)28-12-18(27)25-9-7-24(8-10-25)11-17(20)21/h3-6,13-14,17H,7-12H2,1-2H3. The number of piperazine rings is 1. The molecule has 1 aromatic heterocycles. The van der Waals surface area contributed by atoms with Gasteiger partial charge in [-0.3, -0.25) is 14.3 Å². The Hall–Kier alpha value is -2.00. The van der Waals surface area contributed by atoms with E-state index in [1.165, 1.54) is 17.3 Å². The molecule has 3 rings (SSSR count). The van der Waals surface area contributed by atoms with Crippen LogP contribution in [0.1, 0.15) is 25.3 Å². The molecule has 1 saturated heterocycles. The van der Waals surface area contributed by atoms with Crippen LogP contribution in [0.2, 0.25) is 0 Å². The van der Waals surface area contributed by atoms with Crippen molar-refractivity contribution in [2.75, 3.05) is 38.5 Å². The minimum atomic E-state index is -2.33. The Labute approximate surface area is 167 Å². The fourth-order valence-electron chi connectivity index (χ4n) is 3.11. The van der Waals surface area contributed by atoms with Gasteiger partial charge in [0, 0.05) is 31.9 Å². The summed E-state index contributed by atoms with van der Waals surface area (Å²) in [5.41, 5.74) is 2.21. The number of amides is 1. The zero-order chi connectivity index (χ0) is 20.1. The molecule has 2 aromatic rings. The lowest BCUT2D eigenvalue weighted by atomic mass is 10.0.